The van der Waals surface area contributed by atoms with Crippen molar-refractivity contribution in [2.45, 2.75) is 6.92 Å². The van der Waals surface area contributed by atoms with Gasteiger partial charge in [-0.3, -0.25) is 4.79 Å². The number of benzene rings is 1. The molecule has 2 aromatic rings. The van der Waals surface area contributed by atoms with Crippen LogP contribution in [0.5, 0.6) is 0 Å². The van der Waals surface area contributed by atoms with E-state index in [1.165, 1.54) is 11.8 Å². The number of thioether (sulfide) groups is 2. The van der Waals surface area contributed by atoms with Crippen LogP contribution in [-0.2, 0) is 0 Å². The van der Waals surface area contributed by atoms with Crippen molar-refractivity contribution in [3.63, 3.8) is 0 Å². The second-order valence-corrected chi connectivity index (χ2v) is 7.06. The first-order valence-corrected chi connectivity index (χ1v) is 9.18. The number of ketones is 1. The number of carbonyl (C=O) groups is 1. The molecule has 0 radical (unpaired) electrons. The lowest BCUT2D eigenvalue weighted by molar-refractivity contribution is -0.577. The lowest BCUT2D eigenvalue weighted by Gasteiger charge is -2.05. The molecule has 0 aliphatic heterocycles. The van der Waals surface area contributed by atoms with Gasteiger partial charge in [0.05, 0.1) is 5.75 Å². The van der Waals surface area contributed by atoms with Gasteiger partial charge in [0.2, 0.25) is 0 Å². The number of hydrogen-bond donors (Lipinski definition) is 0. The topological polar surface area (TPSA) is 44.7 Å². The highest BCUT2D eigenvalue weighted by Crippen LogP contribution is 2.32. The van der Waals surface area contributed by atoms with Gasteiger partial charge in [-0.15, -0.1) is 23.5 Å². The molecule has 0 aliphatic carbocycles. The molecule has 3 nitrogen and oxygen atoms in total. The van der Waals surface area contributed by atoms with Crippen molar-refractivity contribution in [3.05, 3.63) is 70.7 Å². The third-order valence-corrected chi connectivity index (χ3v) is 5.29. The summed E-state index contributed by atoms with van der Waals surface area (Å²) >= 11 is 3.01. The molecule has 1 aromatic heterocycles. The lowest BCUT2D eigenvalue weighted by atomic mass is 10.2. The summed E-state index contributed by atoms with van der Waals surface area (Å²) in [5.41, 5.74) is 1.26. The van der Waals surface area contributed by atoms with Gasteiger partial charge < -0.3 is 0 Å². The maximum atomic E-state index is 12.3. The van der Waals surface area contributed by atoms with E-state index in [1.807, 2.05) is 67.8 Å². The smallest absolute Gasteiger partial charge is 0.293 e. The minimum Gasteiger partial charge on any atom is -0.293 e. The Morgan fingerprint density at radius 2 is 1.74 bits per heavy atom. The van der Waals surface area contributed by atoms with Gasteiger partial charge in [-0.2, -0.15) is 9.83 Å². The molecular weight excluding hydrogens is 324 g/mol. The average molecular weight is 341 g/mol. The van der Waals surface area contributed by atoms with Crippen LogP contribution in [0.15, 0.2) is 65.2 Å². The zero-order valence-electron chi connectivity index (χ0n) is 12.8. The minimum absolute atomic E-state index is 0.0696. The van der Waals surface area contributed by atoms with Gasteiger partial charge in [-0.25, -0.2) is 0 Å². The van der Waals surface area contributed by atoms with Crippen LogP contribution in [0.4, 0.5) is 0 Å². The summed E-state index contributed by atoms with van der Waals surface area (Å²) in [5.74, 6) is 1.24. The van der Waals surface area contributed by atoms with Gasteiger partial charge in [-0.1, -0.05) is 43.3 Å². The van der Waals surface area contributed by atoms with E-state index in [-0.39, 0.29) is 5.78 Å². The van der Waals surface area contributed by atoms with E-state index in [0.29, 0.717) is 17.0 Å². The van der Waals surface area contributed by atoms with E-state index in [4.69, 9.17) is 0 Å². The standard InChI is InChI=1S/C18H17N2OS2/c1-2-22-18(16(13-19)20-11-7-4-8-12-20)23-14-17(21)15-9-5-3-6-10-15/h3-12H,2,14H2,1H3/q+1/b18-16-. The normalized spacial score (nSPS) is 11.5. The number of Topliss-reactive ketones (excluding diaryl/α,β-unsaturated/α-hetero) is 1. The van der Waals surface area contributed by atoms with E-state index < -0.39 is 0 Å². The van der Waals surface area contributed by atoms with E-state index >= 15 is 0 Å². The zero-order valence-corrected chi connectivity index (χ0v) is 14.4. The van der Waals surface area contributed by atoms with Crippen LogP contribution in [0.25, 0.3) is 5.70 Å². The van der Waals surface area contributed by atoms with Gasteiger partial charge in [0.15, 0.2) is 24.2 Å². The molecule has 0 N–H and O–H groups in total. The average Bonchev–Trinajstić information content (AvgIpc) is 2.61. The number of hydrogen-bond acceptors (Lipinski definition) is 4. The molecule has 0 spiro atoms. The maximum Gasteiger partial charge on any atom is 0.308 e. The number of nitrogens with zero attached hydrogens (tertiary/aromatic N) is 2. The second-order valence-electron chi connectivity index (χ2n) is 4.54. The van der Waals surface area contributed by atoms with Crippen molar-refractivity contribution in [1.82, 2.24) is 0 Å². The fourth-order valence-corrected chi connectivity index (χ4v) is 4.03. The van der Waals surface area contributed by atoms with Crippen molar-refractivity contribution < 1.29 is 9.36 Å². The van der Waals surface area contributed by atoms with E-state index in [9.17, 15) is 10.1 Å². The molecule has 0 saturated carbocycles. The van der Waals surface area contributed by atoms with Crippen molar-refractivity contribution in [3.8, 4) is 6.07 Å². The number of aromatic nitrogens is 1. The fraction of sp³-hybridized carbons (Fsp3) is 0.167. The highest BCUT2D eigenvalue weighted by Gasteiger charge is 2.18. The van der Waals surface area contributed by atoms with E-state index in [2.05, 4.69) is 6.07 Å². The summed E-state index contributed by atoms with van der Waals surface area (Å²) in [4.78, 5) is 12.3. The highest BCUT2D eigenvalue weighted by atomic mass is 32.2. The Bertz CT molecular complexity index is 722. The molecule has 116 valence electrons. The number of carbonyl (C=O) groups excluding carboxylic acids is 1. The number of nitriles is 1. The highest BCUT2D eigenvalue weighted by molar-refractivity contribution is 8.22. The molecule has 0 unspecified atom stereocenters. The predicted molar refractivity (Wildman–Crippen MR) is 96.8 cm³/mol. The third kappa shape index (κ3) is 4.98. The van der Waals surface area contributed by atoms with Crippen LogP contribution in [-0.4, -0.2) is 17.3 Å². The lowest BCUT2D eigenvalue weighted by Crippen LogP contribution is -2.31. The van der Waals surface area contributed by atoms with E-state index in [1.54, 1.807) is 16.3 Å². The first-order chi connectivity index (χ1) is 11.3. The molecular formula is C18H17N2OS2+. The summed E-state index contributed by atoms with van der Waals surface area (Å²) in [6, 6.07) is 17.2. The van der Waals surface area contributed by atoms with Gasteiger partial charge in [0.25, 0.3) is 0 Å². The van der Waals surface area contributed by atoms with Crippen LogP contribution in [0.1, 0.15) is 17.3 Å². The van der Waals surface area contributed by atoms with E-state index in [0.717, 1.165) is 9.99 Å². The van der Waals surface area contributed by atoms with Crippen molar-refractivity contribution in [2.24, 2.45) is 0 Å². The quantitative estimate of drug-likeness (QED) is 0.434. The van der Waals surface area contributed by atoms with Crippen LogP contribution < -0.4 is 4.57 Å². The monoisotopic (exact) mass is 341 g/mol. The predicted octanol–water partition coefficient (Wildman–Crippen LogP) is 3.99. The molecule has 0 atom stereocenters. The third-order valence-electron chi connectivity index (χ3n) is 2.98. The molecule has 1 heterocycles. The molecule has 23 heavy (non-hydrogen) atoms. The van der Waals surface area contributed by atoms with Crippen molar-refractivity contribution in [1.29, 1.82) is 5.26 Å². The van der Waals surface area contributed by atoms with Crippen LogP contribution in [0, 0.1) is 11.3 Å². The number of rotatable bonds is 7. The summed E-state index contributed by atoms with van der Waals surface area (Å²) in [6.07, 6.45) is 3.68. The van der Waals surface area contributed by atoms with Crippen molar-refractivity contribution >= 4 is 35.0 Å². The van der Waals surface area contributed by atoms with Crippen molar-refractivity contribution in [2.75, 3.05) is 11.5 Å². The Labute approximate surface area is 145 Å². The first-order valence-electron chi connectivity index (χ1n) is 7.21. The molecule has 1 aromatic carbocycles. The largest absolute Gasteiger partial charge is 0.308 e. The molecule has 0 fully saturated rings. The number of pyridine rings is 1. The maximum absolute atomic E-state index is 12.3. The Hall–Kier alpha value is -2.03. The molecule has 0 amide bonds. The van der Waals surface area contributed by atoms with Gasteiger partial charge in [0.1, 0.15) is 4.24 Å². The Balaban J connectivity index is 2.19. The SMILES string of the molecule is CCS/C(SCC(=O)c1ccccc1)=C(\C#N)[n+]1ccccc1. The molecule has 2 rings (SSSR count). The fourth-order valence-electron chi connectivity index (χ4n) is 1.90. The summed E-state index contributed by atoms with van der Waals surface area (Å²) in [6.45, 7) is 2.04. The van der Waals surface area contributed by atoms with Crippen LogP contribution >= 0.6 is 23.5 Å². The van der Waals surface area contributed by atoms with Crippen LogP contribution in [0.3, 0.4) is 0 Å². The second kappa shape index (κ2) is 9.19. The van der Waals surface area contributed by atoms with Gasteiger partial charge in [-0.05, 0) is 5.75 Å². The Kier molecular flexibility index (Phi) is 6.92. The Morgan fingerprint density at radius 1 is 1.09 bits per heavy atom. The van der Waals surface area contributed by atoms with Gasteiger partial charge in [0, 0.05) is 17.7 Å². The number of allylic oxidation sites excluding steroid dienone is 1. The first kappa shape index (κ1) is 17.3. The summed E-state index contributed by atoms with van der Waals surface area (Å²) < 4.78 is 2.66. The molecule has 0 bridgehead atoms. The summed E-state index contributed by atoms with van der Waals surface area (Å²) in [7, 11) is 0. The molecule has 5 heteroatoms. The summed E-state index contributed by atoms with van der Waals surface area (Å²) in [5, 5.41) is 9.52. The zero-order chi connectivity index (χ0) is 16.5. The molecule has 0 saturated heterocycles. The molecule has 0 aliphatic rings. The Morgan fingerprint density at radius 3 is 2.35 bits per heavy atom. The van der Waals surface area contributed by atoms with Gasteiger partial charge >= 0.3 is 5.70 Å². The minimum atomic E-state index is 0.0696. The van der Waals surface area contributed by atoms with Crippen LogP contribution in [0.2, 0.25) is 0 Å².